The zero-order chi connectivity index (χ0) is 17.1. The Morgan fingerprint density at radius 3 is 2.57 bits per heavy atom. The molecule has 0 unspecified atom stereocenters. The van der Waals surface area contributed by atoms with Crippen LogP contribution in [0, 0.1) is 0 Å². The Hall–Kier alpha value is -1.10. The number of rotatable bonds is 11. The Kier molecular flexibility index (Phi) is 9.92. The summed E-state index contributed by atoms with van der Waals surface area (Å²) in [6.45, 7) is 10.1. The van der Waals surface area contributed by atoms with Gasteiger partial charge in [-0.1, -0.05) is 0 Å². The summed E-state index contributed by atoms with van der Waals surface area (Å²) in [6, 6.07) is 0. The second-order valence-electron chi connectivity index (χ2n) is 6.57. The number of hydrogen-bond acceptors (Lipinski definition) is 4. The number of amides is 1. The van der Waals surface area contributed by atoms with Crippen molar-refractivity contribution in [1.29, 1.82) is 0 Å². The Bertz CT molecular complexity index is 364. The highest BCUT2D eigenvalue weighted by molar-refractivity contribution is 5.83. The molecule has 23 heavy (non-hydrogen) atoms. The topological polar surface area (TPSA) is 39.2 Å². The smallest absolute Gasteiger partial charge is 0.222 e. The van der Waals surface area contributed by atoms with Crippen molar-refractivity contribution in [3.05, 3.63) is 0 Å². The molecule has 0 saturated heterocycles. The molecule has 5 heteroatoms. The van der Waals surface area contributed by atoms with Crippen LogP contribution in [0.25, 0.3) is 0 Å². The van der Waals surface area contributed by atoms with E-state index in [9.17, 15) is 4.79 Å². The summed E-state index contributed by atoms with van der Waals surface area (Å²) in [5.41, 5.74) is 0. The van der Waals surface area contributed by atoms with Crippen molar-refractivity contribution in [2.75, 3.05) is 53.4 Å². The van der Waals surface area contributed by atoms with Gasteiger partial charge in [0.05, 0.1) is 5.84 Å². The maximum atomic E-state index is 12.0. The number of unbranched alkanes of at least 4 members (excludes halogenated alkanes) is 1. The largest absolute Gasteiger partial charge is 0.360 e. The van der Waals surface area contributed by atoms with Gasteiger partial charge < -0.3 is 14.7 Å². The normalized spacial score (nSPS) is 15.0. The first-order valence-electron chi connectivity index (χ1n) is 9.29. The maximum absolute atomic E-state index is 12.0. The first kappa shape index (κ1) is 19.9. The van der Waals surface area contributed by atoms with E-state index in [0.717, 1.165) is 58.5 Å². The van der Waals surface area contributed by atoms with Crippen molar-refractivity contribution in [3.63, 3.8) is 0 Å². The van der Waals surface area contributed by atoms with Crippen molar-refractivity contribution in [2.24, 2.45) is 4.99 Å². The second-order valence-corrected chi connectivity index (χ2v) is 6.57. The van der Waals surface area contributed by atoms with Gasteiger partial charge in [-0.15, -0.1) is 0 Å². The van der Waals surface area contributed by atoms with Crippen LogP contribution >= 0.6 is 0 Å². The molecule has 0 aromatic carbocycles. The summed E-state index contributed by atoms with van der Waals surface area (Å²) >= 11 is 0. The summed E-state index contributed by atoms with van der Waals surface area (Å²) in [7, 11) is 4.25. The van der Waals surface area contributed by atoms with E-state index in [1.165, 1.54) is 18.7 Å². The fraction of sp³-hybridized carbons (Fsp3) is 0.889. The van der Waals surface area contributed by atoms with Crippen molar-refractivity contribution in [2.45, 2.75) is 52.4 Å². The molecule has 1 aliphatic heterocycles. The van der Waals surface area contributed by atoms with Gasteiger partial charge in [0, 0.05) is 45.6 Å². The van der Waals surface area contributed by atoms with Crippen molar-refractivity contribution >= 4 is 11.7 Å². The molecule has 0 atom stereocenters. The third kappa shape index (κ3) is 7.82. The lowest BCUT2D eigenvalue weighted by atomic mass is 10.1. The molecular weight excluding hydrogens is 288 g/mol. The van der Waals surface area contributed by atoms with Crippen molar-refractivity contribution < 1.29 is 4.79 Å². The van der Waals surface area contributed by atoms with E-state index >= 15 is 0 Å². The van der Waals surface area contributed by atoms with Crippen LogP contribution in [0.3, 0.4) is 0 Å². The lowest BCUT2D eigenvalue weighted by molar-refractivity contribution is -0.130. The number of hydrogen-bond donors (Lipinski definition) is 0. The van der Waals surface area contributed by atoms with Crippen LogP contribution in [0.5, 0.6) is 0 Å². The highest BCUT2D eigenvalue weighted by Gasteiger charge is 2.15. The zero-order valence-electron chi connectivity index (χ0n) is 15.7. The van der Waals surface area contributed by atoms with Crippen molar-refractivity contribution in [3.8, 4) is 0 Å². The lowest BCUT2D eigenvalue weighted by Crippen LogP contribution is -2.37. The van der Waals surface area contributed by atoms with Gasteiger partial charge in [-0.3, -0.25) is 9.79 Å². The average Bonchev–Trinajstić information content (AvgIpc) is 2.53. The molecule has 0 spiro atoms. The molecule has 134 valence electrons. The minimum absolute atomic E-state index is 0.295. The minimum atomic E-state index is 0.295. The van der Waals surface area contributed by atoms with E-state index in [0.29, 0.717) is 12.3 Å². The molecule has 5 nitrogen and oxygen atoms in total. The Morgan fingerprint density at radius 2 is 1.91 bits per heavy atom. The summed E-state index contributed by atoms with van der Waals surface area (Å²) in [6.07, 6.45) is 6.09. The molecule has 1 aliphatic rings. The Labute approximate surface area is 142 Å². The standard InChI is InChI=1S/C18H36N4O/c1-5-21(6-2)18(23)12-8-7-11-17-19-13-9-15-22(17)16-10-14-20(3)4/h5-16H2,1-4H3. The highest BCUT2D eigenvalue weighted by Crippen LogP contribution is 2.11. The van der Waals surface area contributed by atoms with E-state index in [2.05, 4.69) is 23.9 Å². The van der Waals surface area contributed by atoms with E-state index in [1.807, 2.05) is 18.7 Å². The van der Waals surface area contributed by atoms with Gasteiger partial charge in [0.1, 0.15) is 0 Å². The minimum Gasteiger partial charge on any atom is -0.360 e. The zero-order valence-corrected chi connectivity index (χ0v) is 15.7. The van der Waals surface area contributed by atoms with Gasteiger partial charge in [-0.25, -0.2) is 0 Å². The summed E-state index contributed by atoms with van der Waals surface area (Å²) < 4.78 is 0. The van der Waals surface area contributed by atoms with Crippen LogP contribution < -0.4 is 0 Å². The van der Waals surface area contributed by atoms with Crippen LogP contribution in [0.15, 0.2) is 4.99 Å². The molecule has 0 aromatic heterocycles. The van der Waals surface area contributed by atoms with Crippen LogP contribution in [0.2, 0.25) is 0 Å². The molecule has 0 fully saturated rings. The first-order chi connectivity index (χ1) is 11.1. The monoisotopic (exact) mass is 324 g/mol. The van der Waals surface area contributed by atoms with Crippen LogP contribution in [-0.4, -0.2) is 79.8 Å². The quantitative estimate of drug-likeness (QED) is 0.548. The maximum Gasteiger partial charge on any atom is 0.222 e. The van der Waals surface area contributed by atoms with E-state index in [-0.39, 0.29) is 0 Å². The Balaban J connectivity index is 2.28. The number of carbonyl (C=O) groups excluding carboxylic acids is 1. The fourth-order valence-electron chi connectivity index (χ4n) is 3.05. The molecule has 0 aliphatic carbocycles. The van der Waals surface area contributed by atoms with Crippen molar-refractivity contribution in [1.82, 2.24) is 14.7 Å². The van der Waals surface area contributed by atoms with Crippen LogP contribution in [0.1, 0.15) is 52.4 Å². The predicted molar refractivity (Wildman–Crippen MR) is 98.1 cm³/mol. The van der Waals surface area contributed by atoms with Gasteiger partial charge in [0.15, 0.2) is 0 Å². The molecular formula is C18H36N4O. The van der Waals surface area contributed by atoms with Gasteiger partial charge in [-0.2, -0.15) is 0 Å². The summed E-state index contributed by atoms with van der Waals surface area (Å²) in [4.78, 5) is 23.3. The molecule has 0 bridgehead atoms. The number of aliphatic imine (C=N–C) groups is 1. The van der Waals surface area contributed by atoms with Gasteiger partial charge >= 0.3 is 0 Å². The predicted octanol–water partition coefficient (Wildman–Crippen LogP) is 2.47. The molecule has 0 radical (unpaired) electrons. The van der Waals surface area contributed by atoms with E-state index in [4.69, 9.17) is 4.99 Å². The molecule has 1 amide bonds. The number of carbonyl (C=O) groups is 1. The highest BCUT2D eigenvalue weighted by atomic mass is 16.2. The third-order valence-electron chi connectivity index (χ3n) is 4.44. The van der Waals surface area contributed by atoms with Crippen LogP contribution in [-0.2, 0) is 4.79 Å². The first-order valence-corrected chi connectivity index (χ1v) is 9.29. The number of amidine groups is 1. The van der Waals surface area contributed by atoms with E-state index in [1.54, 1.807) is 0 Å². The van der Waals surface area contributed by atoms with E-state index < -0.39 is 0 Å². The SMILES string of the molecule is CCN(CC)C(=O)CCCCC1=NCCCN1CCCN(C)C. The molecule has 0 aromatic rings. The fourth-order valence-corrected chi connectivity index (χ4v) is 3.05. The molecule has 1 rings (SSSR count). The molecule has 0 saturated carbocycles. The van der Waals surface area contributed by atoms with Gasteiger partial charge in [0.25, 0.3) is 0 Å². The molecule has 1 heterocycles. The lowest BCUT2D eigenvalue weighted by Gasteiger charge is -2.30. The third-order valence-corrected chi connectivity index (χ3v) is 4.44. The molecule has 0 N–H and O–H groups in total. The Morgan fingerprint density at radius 1 is 1.17 bits per heavy atom. The van der Waals surface area contributed by atoms with Crippen LogP contribution in [0.4, 0.5) is 0 Å². The second kappa shape index (κ2) is 11.4. The summed E-state index contributed by atoms with van der Waals surface area (Å²) in [5.74, 6) is 1.56. The number of nitrogens with zero attached hydrogens (tertiary/aromatic N) is 4. The van der Waals surface area contributed by atoms with Gasteiger partial charge in [0.2, 0.25) is 5.91 Å². The van der Waals surface area contributed by atoms with Gasteiger partial charge in [-0.05, 0) is 60.2 Å². The average molecular weight is 325 g/mol. The summed E-state index contributed by atoms with van der Waals surface area (Å²) in [5, 5.41) is 0.